The van der Waals surface area contributed by atoms with Gasteiger partial charge in [0.15, 0.2) is 0 Å². The number of quaternary nitrogens is 1. The van der Waals surface area contributed by atoms with Crippen LogP contribution in [0.25, 0.3) is 0 Å². The lowest BCUT2D eigenvalue weighted by atomic mass is 10.0. The van der Waals surface area contributed by atoms with Gasteiger partial charge in [0.25, 0.3) is 0 Å². The minimum atomic E-state index is -0.462. The summed E-state index contributed by atoms with van der Waals surface area (Å²) in [5.74, 6) is 0.848. The van der Waals surface area contributed by atoms with Gasteiger partial charge in [0.05, 0.1) is 0 Å². The summed E-state index contributed by atoms with van der Waals surface area (Å²) < 4.78 is 5.46. The van der Waals surface area contributed by atoms with Crippen LogP contribution in [-0.4, -0.2) is 17.8 Å². The molecule has 2 rings (SSSR count). The van der Waals surface area contributed by atoms with E-state index in [0.717, 1.165) is 17.9 Å². The Bertz CT molecular complexity index is 566. The van der Waals surface area contributed by atoms with Gasteiger partial charge in [-0.25, -0.2) is 0 Å². The van der Waals surface area contributed by atoms with E-state index < -0.39 is 6.10 Å². The highest BCUT2D eigenvalue weighted by Gasteiger charge is 2.18. The van der Waals surface area contributed by atoms with E-state index in [2.05, 4.69) is 24.0 Å². The van der Waals surface area contributed by atoms with Gasteiger partial charge in [-0.2, -0.15) is 0 Å². The molecular formula is C19H24NO2+. The van der Waals surface area contributed by atoms with Gasteiger partial charge in [-0.15, -0.1) is 0 Å². The van der Waals surface area contributed by atoms with E-state index in [1.54, 1.807) is 6.08 Å². The molecule has 0 saturated carbocycles. The fourth-order valence-corrected chi connectivity index (χ4v) is 2.28. The number of aliphatic hydroxyl groups excluding tert-OH is 1. The molecule has 0 bridgehead atoms. The number of aliphatic hydroxyl groups is 1. The molecule has 0 saturated heterocycles. The van der Waals surface area contributed by atoms with Crippen LogP contribution in [0.15, 0.2) is 67.3 Å². The molecule has 0 unspecified atom stereocenters. The lowest BCUT2D eigenvalue weighted by Gasteiger charge is -2.18. The summed E-state index contributed by atoms with van der Waals surface area (Å²) >= 11 is 0. The molecule has 116 valence electrons. The summed E-state index contributed by atoms with van der Waals surface area (Å²) in [6, 6.07) is 17.9. The predicted octanol–water partition coefficient (Wildman–Crippen LogP) is 2.44. The molecule has 3 heteroatoms. The van der Waals surface area contributed by atoms with Crippen LogP contribution < -0.4 is 10.1 Å². The van der Waals surface area contributed by atoms with Crippen LogP contribution in [0, 0.1) is 0 Å². The van der Waals surface area contributed by atoms with Gasteiger partial charge in [0, 0.05) is 5.56 Å². The first kappa shape index (κ1) is 16.3. The fraction of sp³-hybridized carbons (Fsp3) is 0.263. The van der Waals surface area contributed by atoms with E-state index in [4.69, 9.17) is 4.74 Å². The predicted molar refractivity (Wildman–Crippen MR) is 88.6 cm³/mol. The summed E-state index contributed by atoms with van der Waals surface area (Å²) in [4.78, 5) is 0. The van der Waals surface area contributed by atoms with Crippen molar-refractivity contribution < 1.29 is 15.2 Å². The third kappa shape index (κ3) is 4.72. The molecule has 0 fully saturated rings. The Morgan fingerprint density at radius 3 is 2.45 bits per heavy atom. The first-order chi connectivity index (χ1) is 10.7. The molecule has 0 aromatic heterocycles. The van der Waals surface area contributed by atoms with Gasteiger partial charge in [-0.3, -0.25) is 0 Å². The maximum atomic E-state index is 10.3. The number of rotatable bonds is 8. The molecule has 22 heavy (non-hydrogen) atoms. The normalized spacial score (nSPS) is 13.4. The number of benzene rings is 2. The smallest absolute Gasteiger partial charge is 0.130 e. The van der Waals surface area contributed by atoms with Crippen molar-refractivity contribution in [2.24, 2.45) is 0 Å². The van der Waals surface area contributed by atoms with Crippen molar-refractivity contribution in [3.05, 3.63) is 78.4 Å². The van der Waals surface area contributed by atoms with Crippen LogP contribution in [0.4, 0.5) is 0 Å². The number of ether oxygens (including phenoxy) is 1. The molecule has 0 heterocycles. The average molecular weight is 298 g/mol. The Kier molecular flexibility index (Phi) is 6.19. The lowest BCUT2D eigenvalue weighted by Crippen LogP contribution is -2.88. The molecule has 0 radical (unpaired) electrons. The van der Waals surface area contributed by atoms with E-state index in [1.807, 2.05) is 49.4 Å². The molecule has 0 aliphatic carbocycles. The van der Waals surface area contributed by atoms with Gasteiger partial charge in [-0.1, -0.05) is 43.0 Å². The van der Waals surface area contributed by atoms with Crippen molar-refractivity contribution in [1.82, 2.24) is 0 Å². The van der Waals surface area contributed by atoms with Gasteiger partial charge in [0.1, 0.15) is 31.0 Å². The largest absolute Gasteiger partial charge is 0.490 e. The zero-order valence-corrected chi connectivity index (χ0v) is 13.0. The minimum Gasteiger partial charge on any atom is -0.490 e. The summed E-state index contributed by atoms with van der Waals surface area (Å²) in [7, 11) is 0. The Labute approximate surface area is 132 Å². The highest BCUT2D eigenvalue weighted by molar-refractivity contribution is 5.27. The highest BCUT2D eigenvalue weighted by atomic mass is 16.5. The second-order valence-corrected chi connectivity index (χ2v) is 5.40. The molecule has 3 nitrogen and oxygen atoms in total. The van der Waals surface area contributed by atoms with E-state index in [9.17, 15) is 5.11 Å². The van der Waals surface area contributed by atoms with Crippen LogP contribution >= 0.6 is 0 Å². The molecule has 3 N–H and O–H groups in total. The summed E-state index contributed by atoms with van der Waals surface area (Å²) in [6.45, 7) is 7.02. The summed E-state index contributed by atoms with van der Waals surface area (Å²) in [5, 5.41) is 12.5. The van der Waals surface area contributed by atoms with Gasteiger partial charge in [0.2, 0.25) is 0 Å². The fourth-order valence-electron chi connectivity index (χ4n) is 2.28. The molecule has 0 amide bonds. The van der Waals surface area contributed by atoms with Gasteiger partial charge < -0.3 is 15.2 Å². The van der Waals surface area contributed by atoms with Crippen LogP contribution in [-0.2, 0) is 6.54 Å². The standard InChI is InChI=1S/C19H23NO2/c1-3-13-22-18-11-9-16(10-12-18)14-20-15(2)19(21)17-7-5-4-6-8-17/h3-12,15,19-21H,1,13-14H2,2H3/p+1/t15-,19+/m0/s1. The number of nitrogens with two attached hydrogens (primary N) is 1. The SMILES string of the molecule is C=CCOc1ccc(C[NH2+][C@@H](C)[C@@H](O)c2ccccc2)cc1. The first-order valence-electron chi connectivity index (χ1n) is 7.59. The Morgan fingerprint density at radius 1 is 1.14 bits per heavy atom. The third-order valence-corrected chi connectivity index (χ3v) is 3.66. The van der Waals surface area contributed by atoms with Crippen molar-refractivity contribution >= 4 is 0 Å². The lowest BCUT2D eigenvalue weighted by molar-refractivity contribution is -0.709. The molecule has 2 aromatic rings. The molecule has 2 atom stereocenters. The zero-order valence-electron chi connectivity index (χ0n) is 13.0. The van der Waals surface area contributed by atoms with E-state index >= 15 is 0 Å². The maximum Gasteiger partial charge on any atom is 0.130 e. The monoisotopic (exact) mass is 298 g/mol. The van der Waals surface area contributed by atoms with Crippen molar-refractivity contribution in [1.29, 1.82) is 0 Å². The Morgan fingerprint density at radius 2 is 1.82 bits per heavy atom. The Balaban J connectivity index is 1.85. The molecule has 0 spiro atoms. The number of hydrogen-bond acceptors (Lipinski definition) is 2. The van der Waals surface area contributed by atoms with Crippen LogP contribution in [0.3, 0.4) is 0 Å². The maximum absolute atomic E-state index is 10.3. The van der Waals surface area contributed by atoms with Crippen molar-refractivity contribution in [2.45, 2.75) is 25.6 Å². The second kappa shape index (κ2) is 8.37. The summed E-state index contributed by atoms with van der Waals surface area (Å²) in [6.07, 6.45) is 1.27. The number of hydrogen-bond donors (Lipinski definition) is 2. The zero-order chi connectivity index (χ0) is 15.8. The van der Waals surface area contributed by atoms with E-state index in [1.165, 1.54) is 5.56 Å². The first-order valence-corrected chi connectivity index (χ1v) is 7.59. The van der Waals surface area contributed by atoms with Crippen molar-refractivity contribution in [3.8, 4) is 5.75 Å². The molecule has 2 aromatic carbocycles. The molecule has 0 aliphatic heterocycles. The van der Waals surface area contributed by atoms with E-state index in [-0.39, 0.29) is 6.04 Å². The third-order valence-electron chi connectivity index (χ3n) is 3.66. The van der Waals surface area contributed by atoms with Crippen LogP contribution in [0.2, 0.25) is 0 Å². The van der Waals surface area contributed by atoms with Gasteiger partial charge >= 0.3 is 0 Å². The molecular weight excluding hydrogens is 274 g/mol. The van der Waals surface area contributed by atoms with Crippen molar-refractivity contribution in [2.75, 3.05) is 6.61 Å². The highest BCUT2D eigenvalue weighted by Crippen LogP contribution is 2.14. The van der Waals surface area contributed by atoms with Crippen LogP contribution in [0.5, 0.6) is 5.75 Å². The van der Waals surface area contributed by atoms with Gasteiger partial charge in [-0.05, 0) is 36.8 Å². The van der Waals surface area contributed by atoms with Crippen LogP contribution in [0.1, 0.15) is 24.2 Å². The Hall–Kier alpha value is -2.10. The average Bonchev–Trinajstić information content (AvgIpc) is 2.58. The topological polar surface area (TPSA) is 46.1 Å². The molecule has 0 aliphatic rings. The second-order valence-electron chi connectivity index (χ2n) is 5.40. The minimum absolute atomic E-state index is 0.0964. The van der Waals surface area contributed by atoms with Crippen molar-refractivity contribution in [3.63, 3.8) is 0 Å². The quantitative estimate of drug-likeness (QED) is 0.735. The van der Waals surface area contributed by atoms with E-state index in [0.29, 0.717) is 6.61 Å². The summed E-state index contributed by atoms with van der Waals surface area (Å²) in [5.41, 5.74) is 2.16.